The van der Waals surface area contributed by atoms with E-state index in [1.165, 1.54) is 30.4 Å². The van der Waals surface area contributed by atoms with Crippen LogP contribution in [-0.2, 0) is 13.1 Å². The third-order valence-corrected chi connectivity index (χ3v) is 3.94. The summed E-state index contributed by atoms with van der Waals surface area (Å²) in [5.41, 5.74) is 2.84. The molecule has 1 aromatic rings. The van der Waals surface area contributed by atoms with Crippen molar-refractivity contribution in [1.82, 2.24) is 10.2 Å². The second-order valence-corrected chi connectivity index (χ2v) is 5.65. The van der Waals surface area contributed by atoms with Gasteiger partial charge in [0.05, 0.1) is 0 Å². The highest BCUT2D eigenvalue weighted by molar-refractivity contribution is 5.23. The number of nitrogens with one attached hydrogen (secondary N) is 1. The van der Waals surface area contributed by atoms with Crippen molar-refractivity contribution in [3.63, 3.8) is 0 Å². The van der Waals surface area contributed by atoms with E-state index in [0.717, 1.165) is 19.1 Å². The monoisotopic (exact) mass is 246 g/mol. The van der Waals surface area contributed by atoms with Crippen molar-refractivity contribution in [2.75, 3.05) is 7.05 Å². The van der Waals surface area contributed by atoms with E-state index in [-0.39, 0.29) is 0 Å². The zero-order chi connectivity index (χ0) is 13.0. The van der Waals surface area contributed by atoms with Crippen LogP contribution in [0.2, 0.25) is 0 Å². The van der Waals surface area contributed by atoms with Crippen LogP contribution in [0.3, 0.4) is 0 Å². The molecule has 1 aliphatic carbocycles. The fourth-order valence-electron chi connectivity index (χ4n) is 2.14. The van der Waals surface area contributed by atoms with Gasteiger partial charge in [0.15, 0.2) is 0 Å². The molecule has 0 spiro atoms. The molecule has 1 aliphatic rings. The highest BCUT2D eigenvalue weighted by Gasteiger charge is 2.19. The Kier molecular flexibility index (Phi) is 4.79. The van der Waals surface area contributed by atoms with Gasteiger partial charge < -0.3 is 5.32 Å². The van der Waals surface area contributed by atoms with E-state index in [1.807, 2.05) is 0 Å². The number of benzene rings is 1. The highest BCUT2D eigenvalue weighted by atomic mass is 15.1. The molecule has 0 heterocycles. The fourth-order valence-corrected chi connectivity index (χ4v) is 2.14. The van der Waals surface area contributed by atoms with E-state index < -0.39 is 0 Å². The predicted octanol–water partition coefficient (Wildman–Crippen LogP) is 3.17. The van der Waals surface area contributed by atoms with Gasteiger partial charge in [-0.2, -0.15) is 0 Å². The van der Waals surface area contributed by atoms with Crippen molar-refractivity contribution >= 4 is 0 Å². The molecule has 0 saturated heterocycles. The van der Waals surface area contributed by atoms with Gasteiger partial charge >= 0.3 is 0 Å². The smallest absolute Gasteiger partial charge is 0.0233 e. The van der Waals surface area contributed by atoms with Crippen LogP contribution in [0.15, 0.2) is 24.3 Å². The molecule has 0 radical (unpaired) electrons. The van der Waals surface area contributed by atoms with Gasteiger partial charge in [0.1, 0.15) is 0 Å². The molecule has 1 fully saturated rings. The average Bonchev–Trinajstić information content (AvgIpc) is 3.20. The Morgan fingerprint density at radius 3 is 2.72 bits per heavy atom. The molecule has 2 nitrogen and oxygen atoms in total. The molecule has 1 N–H and O–H groups in total. The van der Waals surface area contributed by atoms with E-state index in [4.69, 9.17) is 0 Å². The van der Waals surface area contributed by atoms with Crippen LogP contribution in [0.4, 0.5) is 0 Å². The molecule has 1 saturated carbocycles. The Morgan fingerprint density at radius 1 is 1.33 bits per heavy atom. The molecule has 1 atom stereocenters. The van der Waals surface area contributed by atoms with E-state index >= 15 is 0 Å². The van der Waals surface area contributed by atoms with Crippen LogP contribution in [-0.4, -0.2) is 24.0 Å². The first kappa shape index (κ1) is 13.6. The lowest BCUT2D eigenvalue weighted by molar-refractivity contribution is 0.244. The number of hydrogen-bond acceptors (Lipinski definition) is 2. The van der Waals surface area contributed by atoms with Gasteiger partial charge in [-0.05, 0) is 44.4 Å². The summed E-state index contributed by atoms with van der Waals surface area (Å²) >= 11 is 0. The topological polar surface area (TPSA) is 15.3 Å². The molecular formula is C16H26N2. The molecule has 0 aromatic heterocycles. The largest absolute Gasteiger partial charge is 0.310 e. The van der Waals surface area contributed by atoms with Crippen LogP contribution in [0, 0.1) is 0 Å². The first-order chi connectivity index (χ1) is 8.69. The maximum atomic E-state index is 3.57. The average molecular weight is 246 g/mol. The molecule has 18 heavy (non-hydrogen) atoms. The lowest BCUT2D eigenvalue weighted by atomic mass is 10.1. The summed E-state index contributed by atoms with van der Waals surface area (Å²) in [5.74, 6) is 0. The van der Waals surface area contributed by atoms with Crippen LogP contribution in [0.1, 0.15) is 44.2 Å². The van der Waals surface area contributed by atoms with E-state index in [1.54, 1.807) is 0 Å². The number of hydrogen-bond donors (Lipinski definition) is 1. The summed E-state index contributed by atoms with van der Waals surface area (Å²) in [7, 11) is 2.21. The standard InChI is InChI=1S/C16H26N2/c1-4-13(2)18(3)12-15-7-5-6-14(10-15)11-17-16-8-9-16/h5-7,10,13,16-17H,4,8-9,11-12H2,1-3H3. The molecule has 0 aliphatic heterocycles. The molecular weight excluding hydrogens is 220 g/mol. The Bertz CT molecular complexity index is 371. The first-order valence-corrected chi connectivity index (χ1v) is 7.20. The Hall–Kier alpha value is -0.860. The second kappa shape index (κ2) is 6.35. The number of rotatable bonds is 7. The van der Waals surface area contributed by atoms with Crippen molar-refractivity contribution in [2.45, 2.75) is 58.3 Å². The summed E-state index contributed by atoms with van der Waals surface area (Å²) in [6, 6.07) is 10.4. The van der Waals surface area contributed by atoms with E-state index in [0.29, 0.717) is 6.04 Å². The lowest BCUT2D eigenvalue weighted by Gasteiger charge is -2.23. The third-order valence-electron chi connectivity index (χ3n) is 3.94. The lowest BCUT2D eigenvalue weighted by Crippen LogP contribution is -2.27. The highest BCUT2D eigenvalue weighted by Crippen LogP contribution is 2.19. The number of nitrogens with zero attached hydrogens (tertiary/aromatic N) is 1. The summed E-state index contributed by atoms with van der Waals surface area (Å²) in [6.45, 7) is 6.60. The minimum atomic E-state index is 0.651. The summed E-state index contributed by atoms with van der Waals surface area (Å²) in [5, 5.41) is 3.57. The molecule has 2 rings (SSSR count). The quantitative estimate of drug-likeness (QED) is 0.795. The van der Waals surface area contributed by atoms with Crippen molar-refractivity contribution in [1.29, 1.82) is 0 Å². The van der Waals surface area contributed by atoms with Gasteiger partial charge in [0.2, 0.25) is 0 Å². The molecule has 100 valence electrons. The van der Waals surface area contributed by atoms with Crippen LogP contribution in [0.25, 0.3) is 0 Å². The second-order valence-electron chi connectivity index (χ2n) is 5.65. The normalized spacial score (nSPS) is 17.1. The molecule has 1 unspecified atom stereocenters. The van der Waals surface area contributed by atoms with Gasteiger partial charge in [-0.1, -0.05) is 31.2 Å². The molecule has 2 heteroatoms. The maximum Gasteiger partial charge on any atom is 0.0233 e. The van der Waals surface area contributed by atoms with Gasteiger partial charge in [-0.3, -0.25) is 4.90 Å². The van der Waals surface area contributed by atoms with E-state index in [9.17, 15) is 0 Å². The third kappa shape index (κ3) is 4.11. The Labute approximate surface area is 111 Å². The molecule has 0 bridgehead atoms. The van der Waals surface area contributed by atoms with Crippen LogP contribution >= 0.6 is 0 Å². The van der Waals surface area contributed by atoms with Gasteiger partial charge in [0, 0.05) is 25.2 Å². The SMILES string of the molecule is CCC(C)N(C)Cc1cccc(CNC2CC2)c1. The Balaban J connectivity index is 1.89. The van der Waals surface area contributed by atoms with Gasteiger partial charge in [-0.15, -0.1) is 0 Å². The molecule has 0 amide bonds. The van der Waals surface area contributed by atoms with Gasteiger partial charge in [-0.25, -0.2) is 0 Å². The summed E-state index contributed by atoms with van der Waals surface area (Å²) in [6.07, 6.45) is 3.92. The minimum absolute atomic E-state index is 0.651. The molecule has 1 aromatic carbocycles. The first-order valence-electron chi connectivity index (χ1n) is 7.20. The van der Waals surface area contributed by atoms with Crippen LogP contribution < -0.4 is 5.32 Å². The van der Waals surface area contributed by atoms with Gasteiger partial charge in [0.25, 0.3) is 0 Å². The minimum Gasteiger partial charge on any atom is -0.310 e. The zero-order valence-electron chi connectivity index (χ0n) is 11.9. The van der Waals surface area contributed by atoms with Crippen molar-refractivity contribution in [3.05, 3.63) is 35.4 Å². The van der Waals surface area contributed by atoms with E-state index in [2.05, 4.69) is 55.4 Å². The summed E-state index contributed by atoms with van der Waals surface area (Å²) < 4.78 is 0. The zero-order valence-corrected chi connectivity index (χ0v) is 11.9. The maximum absolute atomic E-state index is 3.57. The summed E-state index contributed by atoms with van der Waals surface area (Å²) in [4.78, 5) is 2.42. The fraction of sp³-hybridized carbons (Fsp3) is 0.625. The van der Waals surface area contributed by atoms with Crippen LogP contribution in [0.5, 0.6) is 0 Å². The predicted molar refractivity (Wildman–Crippen MR) is 77.5 cm³/mol. The van der Waals surface area contributed by atoms with Crippen molar-refractivity contribution in [2.24, 2.45) is 0 Å². The van der Waals surface area contributed by atoms with Crippen molar-refractivity contribution < 1.29 is 0 Å². The van der Waals surface area contributed by atoms with Crippen molar-refractivity contribution in [3.8, 4) is 0 Å². The Morgan fingerprint density at radius 2 is 2.06 bits per heavy atom.